The third-order valence-electron chi connectivity index (χ3n) is 5.99. The van der Waals surface area contributed by atoms with Crippen LogP contribution in [-0.4, -0.2) is 46.5 Å². The van der Waals surface area contributed by atoms with E-state index < -0.39 is 4.92 Å². The van der Waals surface area contributed by atoms with Crippen molar-refractivity contribution in [1.82, 2.24) is 15.0 Å². The van der Waals surface area contributed by atoms with Crippen molar-refractivity contribution in [2.45, 2.75) is 19.4 Å². The van der Waals surface area contributed by atoms with E-state index >= 15 is 0 Å². The second kappa shape index (κ2) is 10.8. The Labute approximate surface area is 209 Å². The van der Waals surface area contributed by atoms with Crippen molar-refractivity contribution in [3.63, 3.8) is 0 Å². The molecule has 1 heterocycles. The fourth-order valence-corrected chi connectivity index (χ4v) is 3.90. The van der Waals surface area contributed by atoms with Gasteiger partial charge < -0.3 is 14.3 Å². The molecule has 0 aliphatic rings. The Bertz CT molecular complexity index is 1340. The highest BCUT2D eigenvalue weighted by Gasteiger charge is 2.25. The van der Waals surface area contributed by atoms with E-state index in [1.165, 1.54) is 18.2 Å². The van der Waals surface area contributed by atoms with Gasteiger partial charge >= 0.3 is 0 Å². The summed E-state index contributed by atoms with van der Waals surface area (Å²) in [7, 11) is 3.94. The molecular weight excluding hydrogens is 458 g/mol. The highest BCUT2D eigenvalue weighted by atomic mass is 16.6. The fourth-order valence-electron chi connectivity index (χ4n) is 3.90. The van der Waals surface area contributed by atoms with Gasteiger partial charge in [-0.25, -0.2) is 0 Å². The average molecular weight is 486 g/mol. The fraction of sp³-hybridized carbons (Fsp3) is 0.222. The standard InChI is InChI=1S/C27H27N5O4/c1-19(20-8-5-4-6-9-20)31(27(33)22-10-7-11-24(18-22)32(34)35)17-16-25-28-26(29-36-25)21-12-14-23(15-13-21)30(2)3/h4-15,18-19H,16-17H2,1-3H3/t19-/m0/s1. The second-order valence-electron chi connectivity index (χ2n) is 8.60. The first-order valence-corrected chi connectivity index (χ1v) is 11.5. The normalized spacial score (nSPS) is 11.6. The lowest BCUT2D eigenvalue weighted by molar-refractivity contribution is -0.384. The van der Waals surface area contributed by atoms with Gasteiger partial charge in [-0.2, -0.15) is 4.98 Å². The van der Waals surface area contributed by atoms with Gasteiger partial charge in [0.15, 0.2) is 0 Å². The van der Waals surface area contributed by atoms with Crippen LogP contribution < -0.4 is 4.90 Å². The minimum atomic E-state index is -0.507. The molecule has 1 amide bonds. The lowest BCUT2D eigenvalue weighted by Gasteiger charge is -2.29. The molecule has 0 saturated carbocycles. The Balaban J connectivity index is 1.55. The summed E-state index contributed by atoms with van der Waals surface area (Å²) < 4.78 is 5.47. The van der Waals surface area contributed by atoms with Crippen molar-refractivity contribution in [3.05, 3.63) is 106 Å². The summed E-state index contributed by atoms with van der Waals surface area (Å²) >= 11 is 0. The SMILES string of the molecule is C[C@@H](c1ccccc1)N(CCc1nc(-c2ccc(N(C)C)cc2)no1)C(=O)c1cccc([N+](=O)[O-])c1. The molecule has 0 saturated heterocycles. The van der Waals surface area contributed by atoms with Crippen LogP contribution in [0.25, 0.3) is 11.4 Å². The Morgan fingerprint density at radius 2 is 1.75 bits per heavy atom. The molecule has 9 nitrogen and oxygen atoms in total. The van der Waals surface area contributed by atoms with Crippen LogP contribution in [0.4, 0.5) is 11.4 Å². The van der Waals surface area contributed by atoms with Gasteiger partial charge in [0.05, 0.1) is 11.0 Å². The average Bonchev–Trinajstić information content (AvgIpc) is 3.38. The minimum Gasteiger partial charge on any atom is -0.378 e. The Morgan fingerprint density at radius 3 is 2.42 bits per heavy atom. The zero-order valence-corrected chi connectivity index (χ0v) is 20.4. The van der Waals surface area contributed by atoms with Crippen LogP contribution in [0.15, 0.2) is 83.4 Å². The summed E-state index contributed by atoms with van der Waals surface area (Å²) in [5.41, 5.74) is 2.96. The van der Waals surface area contributed by atoms with Gasteiger partial charge in [0, 0.05) is 56.0 Å². The molecule has 9 heteroatoms. The number of nitro groups is 1. The second-order valence-corrected chi connectivity index (χ2v) is 8.60. The van der Waals surface area contributed by atoms with Crippen molar-refractivity contribution >= 4 is 17.3 Å². The Hall–Kier alpha value is -4.53. The number of hydrogen-bond acceptors (Lipinski definition) is 7. The van der Waals surface area contributed by atoms with Gasteiger partial charge in [-0.05, 0) is 42.8 Å². The minimum absolute atomic E-state index is 0.130. The van der Waals surface area contributed by atoms with Crippen molar-refractivity contribution in [3.8, 4) is 11.4 Å². The molecule has 1 aromatic heterocycles. The van der Waals surface area contributed by atoms with Gasteiger partial charge in [-0.15, -0.1) is 0 Å². The van der Waals surface area contributed by atoms with Crippen LogP contribution in [0, 0.1) is 10.1 Å². The number of benzene rings is 3. The number of non-ortho nitro benzene ring substituents is 1. The zero-order chi connectivity index (χ0) is 25.7. The van der Waals surface area contributed by atoms with Crippen molar-refractivity contribution in [1.29, 1.82) is 0 Å². The number of aromatic nitrogens is 2. The zero-order valence-electron chi connectivity index (χ0n) is 20.4. The summed E-state index contributed by atoms with van der Waals surface area (Å²) in [5, 5.41) is 15.3. The van der Waals surface area contributed by atoms with E-state index in [4.69, 9.17) is 4.52 Å². The molecule has 0 aliphatic carbocycles. The van der Waals surface area contributed by atoms with Gasteiger partial charge in [0.2, 0.25) is 11.7 Å². The number of carbonyl (C=O) groups excluding carboxylic acids is 1. The summed E-state index contributed by atoms with van der Waals surface area (Å²) in [6.45, 7) is 2.22. The van der Waals surface area contributed by atoms with Gasteiger partial charge in [-0.1, -0.05) is 41.6 Å². The van der Waals surface area contributed by atoms with Crippen molar-refractivity contribution < 1.29 is 14.2 Å². The quantitative estimate of drug-likeness (QED) is 0.238. The number of nitrogens with zero attached hydrogens (tertiary/aromatic N) is 5. The molecule has 4 aromatic rings. The molecule has 0 N–H and O–H groups in total. The third-order valence-corrected chi connectivity index (χ3v) is 5.99. The molecule has 0 aliphatic heterocycles. The number of anilines is 1. The summed E-state index contributed by atoms with van der Waals surface area (Å²) in [6.07, 6.45) is 0.334. The van der Waals surface area contributed by atoms with Crippen molar-refractivity contribution in [2.24, 2.45) is 0 Å². The lowest BCUT2D eigenvalue weighted by Crippen LogP contribution is -2.35. The molecule has 0 unspecified atom stereocenters. The van der Waals surface area contributed by atoms with Crippen LogP contribution in [0.5, 0.6) is 0 Å². The molecule has 4 rings (SSSR count). The maximum atomic E-state index is 13.5. The first-order valence-electron chi connectivity index (χ1n) is 11.5. The Kier molecular flexibility index (Phi) is 7.39. The summed E-state index contributed by atoms with van der Waals surface area (Å²) in [6, 6.07) is 22.9. The monoisotopic (exact) mass is 485 g/mol. The van der Waals surface area contributed by atoms with E-state index in [0.29, 0.717) is 24.7 Å². The smallest absolute Gasteiger partial charge is 0.270 e. The van der Waals surface area contributed by atoms with Crippen LogP contribution in [0.2, 0.25) is 0 Å². The van der Waals surface area contributed by atoms with E-state index in [1.54, 1.807) is 11.0 Å². The maximum Gasteiger partial charge on any atom is 0.270 e. The van der Waals surface area contributed by atoms with E-state index in [0.717, 1.165) is 16.8 Å². The maximum absolute atomic E-state index is 13.5. The molecule has 0 radical (unpaired) electrons. The molecular formula is C27H27N5O4. The highest BCUT2D eigenvalue weighted by Crippen LogP contribution is 2.25. The van der Waals surface area contributed by atoms with E-state index in [1.807, 2.05) is 80.5 Å². The third kappa shape index (κ3) is 5.57. The summed E-state index contributed by atoms with van der Waals surface area (Å²) in [4.78, 5) is 32.4. The van der Waals surface area contributed by atoms with E-state index in [-0.39, 0.29) is 23.2 Å². The topological polar surface area (TPSA) is 106 Å². The molecule has 1 atom stereocenters. The molecule has 36 heavy (non-hydrogen) atoms. The van der Waals surface area contributed by atoms with Gasteiger partial charge in [0.25, 0.3) is 11.6 Å². The summed E-state index contributed by atoms with van der Waals surface area (Å²) in [5.74, 6) is 0.566. The molecule has 184 valence electrons. The van der Waals surface area contributed by atoms with E-state index in [9.17, 15) is 14.9 Å². The molecule has 3 aromatic carbocycles. The van der Waals surface area contributed by atoms with Crippen molar-refractivity contribution in [2.75, 3.05) is 25.5 Å². The molecule has 0 fully saturated rings. The van der Waals surface area contributed by atoms with Gasteiger partial charge in [-0.3, -0.25) is 14.9 Å². The number of nitro benzene ring substituents is 1. The van der Waals surface area contributed by atoms with Gasteiger partial charge in [0.1, 0.15) is 0 Å². The predicted octanol–water partition coefficient (Wildman–Crippen LogP) is 5.16. The first kappa shape index (κ1) is 24.6. The molecule has 0 spiro atoms. The predicted molar refractivity (Wildman–Crippen MR) is 137 cm³/mol. The number of hydrogen-bond donors (Lipinski definition) is 0. The number of carbonyl (C=O) groups is 1. The van der Waals surface area contributed by atoms with Crippen LogP contribution in [0.3, 0.4) is 0 Å². The van der Waals surface area contributed by atoms with Crippen LogP contribution >= 0.6 is 0 Å². The Morgan fingerprint density at radius 1 is 1.03 bits per heavy atom. The molecule has 0 bridgehead atoms. The highest BCUT2D eigenvalue weighted by molar-refractivity contribution is 5.95. The number of amides is 1. The van der Waals surface area contributed by atoms with E-state index in [2.05, 4.69) is 10.1 Å². The lowest BCUT2D eigenvalue weighted by atomic mass is 10.0. The largest absolute Gasteiger partial charge is 0.378 e. The number of rotatable bonds is 9. The van der Waals surface area contributed by atoms with Crippen LogP contribution in [0.1, 0.15) is 34.8 Å². The van der Waals surface area contributed by atoms with Crippen LogP contribution in [-0.2, 0) is 6.42 Å². The first-order chi connectivity index (χ1) is 17.3.